The van der Waals surface area contributed by atoms with Gasteiger partial charge in [-0.2, -0.15) is 0 Å². The summed E-state index contributed by atoms with van der Waals surface area (Å²) in [5, 5.41) is 13.1. The number of carboxylic acid groups (broad SMARTS) is 1. The second-order valence-electron chi connectivity index (χ2n) is 9.16. The molecule has 6 rings (SSSR count). The van der Waals surface area contributed by atoms with E-state index in [4.69, 9.17) is 5.11 Å². The van der Waals surface area contributed by atoms with E-state index in [1.165, 1.54) is 16.5 Å². The van der Waals surface area contributed by atoms with Crippen LogP contribution in [-0.2, 0) is 28.9 Å². The van der Waals surface area contributed by atoms with Crippen molar-refractivity contribution in [3.8, 4) is 0 Å². The lowest BCUT2D eigenvalue weighted by Gasteiger charge is -2.15. The Bertz CT molecular complexity index is 1520. The fourth-order valence-electron chi connectivity index (χ4n) is 4.74. The highest BCUT2D eigenvalue weighted by atomic mass is 35.5. The van der Waals surface area contributed by atoms with E-state index in [2.05, 4.69) is 32.4 Å². The monoisotopic (exact) mass is 528 g/mol. The number of fused-ring (bicyclic) bond motifs is 3. The van der Waals surface area contributed by atoms with Crippen LogP contribution in [0.5, 0.6) is 0 Å². The number of para-hydroxylation sites is 1. The number of aromatic nitrogens is 3. The summed E-state index contributed by atoms with van der Waals surface area (Å²) in [6.45, 7) is 0.640. The number of rotatable bonds is 5. The lowest BCUT2D eigenvalue weighted by molar-refractivity contribution is -0.132. The normalized spacial score (nSPS) is 13.5. The zero-order valence-corrected chi connectivity index (χ0v) is 21.6. The molecule has 38 heavy (non-hydrogen) atoms. The Morgan fingerprint density at radius 2 is 1.50 bits per heavy atom. The summed E-state index contributed by atoms with van der Waals surface area (Å²) in [5.41, 5.74) is 8.15. The number of aromatic amines is 1. The molecule has 1 amide bonds. The molecule has 0 fully saturated rings. The molecule has 0 atom stereocenters. The second-order valence-corrected chi connectivity index (χ2v) is 9.16. The Morgan fingerprint density at radius 1 is 0.868 bits per heavy atom. The number of aliphatic carboxylic acids is 1. The van der Waals surface area contributed by atoms with E-state index in [1.807, 2.05) is 42.7 Å². The van der Waals surface area contributed by atoms with Gasteiger partial charge in [-0.1, -0.05) is 18.2 Å². The van der Waals surface area contributed by atoms with Crippen LogP contribution < -0.4 is 5.32 Å². The number of carboxylic acids is 1. The van der Waals surface area contributed by atoms with Crippen LogP contribution >= 0.6 is 12.4 Å². The summed E-state index contributed by atoms with van der Waals surface area (Å²) in [6.07, 6.45) is 16.7. The van der Waals surface area contributed by atoms with Gasteiger partial charge < -0.3 is 15.4 Å². The molecule has 0 unspecified atom stereocenters. The van der Waals surface area contributed by atoms with Gasteiger partial charge in [-0.3, -0.25) is 14.8 Å². The summed E-state index contributed by atoms with van der Waals surface area (Å²) >= 11 is 0. The van der Waals surface area contributed by atoms with E-state index in [-0.39, 0.29) is 18.3 Å². The van der Waals surface area contributed by atoms with Gasteiger partial charge >= 0.3 is 5.97 Å². The molecule has 3 N–H and O–H groups in total. The number of benzene rings is 1. The number of H-pyrrole nitrogens is 1. The smallest absolute Gasteiger partial charge is 0.331 e. The maximum Gasteiger partial charge on any atom is 0.331 e. The molecule has 0 saturated carbocycles. The topological polar surface area (TPSA) is 108 Å². The summed E-state index contributed by atoms with van der Waals surface area (Å²) in [4.78, 5) is 34.5. The molecule has 8 heteroatoms. The van der Waals surface area contributed by atoms with Gasteiger partial charge in [0, 0.05) is 59.6 Å². The SMILES string of the molecule is Cl.O=C(NCCc1c[nH]c2ccccc12)C1=Cc2ccncc2CC1.O=C(O)C1=Cc2ccncc2CC1. The number of carbonyl (C=O) groups excluding carboxylic acids is 1. The quantitative estimate of drug-likeness (QED) is 0.331. The maximum absolute atomic E-state index is 12.4. The third-order valence-corrected chi connectivity index (χ3v) is 6.79. The Hall–Kier alpha value is -4.23. The molecule has 2 aliphatic carbocycles. The first-order valence-corrected chi connectivity index (χ1v) is 12.4. The molecule has 1 aromatic carbocycles. The van der Waals surface area contributed by atoms with Crippen molar-refractivity contribution >= 4 is 47.3 Å². The molecule has 0 saturated heterocycles. The van der Waals surface area contributed by atoms with Crippen LogP contribution in [0.15, 0.2) is 78.5 Å². The van der Waals surface area contributed by atoms with Crippen LogP contribution in [0, 0.1) is 0 Å². The highest BCUT2D eigenvalue weighted by Crippen LogP contribution is 2.24. The molecule has 3 aromatic heterocycles. The summed E-state index contributed by atoms with van der Waals surface area (Å²) in [5.74, 6) is -0.778. The lowest BCUT2D eigenvalue weighted by atomic mass is 9.93. The number of nitrogens with one attached hydrogen (secondary N) is 2. The highest BCUT2D eigenvalue weighted by molar-refractivity contribution is 5.98. The fraction of sp³-hybridized carbons (Fsp3) is 0.200. The number of halogens is 1. The summed E-state index contributed by atoms with van der Waals surface area (Å²) in [7, 11) is 0. The van der Waals surface area contributed by atoms with Crippen molar-refractivity contribution in [1.29, 1.82) is 0 Å². The van der Waals surface area contributed by atoms with Crippen LogP contribution in [0.3, 0.4) is 0 Å². The number of amides is 1. The molecule has 0 spiro atoms. The van der Waals surface area contributed by atoms with Gasteiger partial charge in [-0.15, -0.1) is 12.4 Å². The predicted molar refractivity (Wildman–Crippen MR) is 151 cm³/mol. The Kier molecular flexibility index (Phi) is 8.71. The summed E-state index contributed by atoms with van der Waals surface area (Å²) in [6, 6.07) is 12.0. The average molecular weight is 529 g/mol. The van der Waals surface area contributed by atoms with Crippen LogP contribution in [0.2, 0.25) is 0 Å². The standard InChI is InChI=1S/C20H19N3O.C10H9NO2.ClH/c24-20(15-5-6-16-12-21-9-7-14(16)11-15)22-10-8-17-13-23-19-4-2-1-3-18(17)19;12-10(13)8-1-2-9-6-11-4-3-7(9)5-8;/h1-4,7,9,11-13,23H,5-6,8,10H2,(H,22,24);3-6H,1-2H2,(H,12,13);1H. The van der Waals surface area contributed by atoms with Crippen molar-refractivity contribution in [3.63, 3.8) is 0 Å². The Balaban J connectivity index is 0.000000204. The van der Waals surface area contributed by atoms with Gasteiger partial charge in [-0.05, 0) is 90.3 Å². The Labute approximate surface area is 227 Å². The molecule has 2 aliphatic rings. The van der Waals surface area contributed by atoms with Gasteiger partial charge in [0.15, 0.2) is 0 Å². The van der Waals surface area contributed by atoms with Crippen LogP contribution in [0.25, 0.3) is 23.1 Å². The summed E-state index contributed by atoms with van der Waals surface area (Å²) < 4.78 is 0. The minimum absolute atomic E-state index is 0. The molecule has 4 aromatic rings. The van der Waals surface area contributed by atoms with Gasteiger partial charge in [-0.25, -0.2) is 4.79 Å². The van der Waals surface area contributed by atoms with Crippen molar-refractivity contribution in [2.24, 2.45) is 0 Å². The highest BCUT2D eigenvalue weighted by Gasteiger charge is 2.16. The van der Waals surface area contributed by atoms with Crippen molar-refractivity contribution < 1.29 is 14.7 Å². The van der Waals surface area contributed by atoms with Crippen molar-refractivity contribution in [1.82, 2.24) is 20.3 Å². The minimum Gasteiger partial charge on any atom is -0.478 e. The van der Waals surface area contributed by atoms with Gasteiger partial charge in [0.25, 0.3) is 0 Å². The van der Waals surface area contributed by atoms with Gasteiger partial charge in [0.2, 0.25) is 5.91 Å². The molecule has 0 aliphatic heterocycles. The number of nitrogens with zero attached hydrogens (tertiary/aromatic N) is 2. The molecule has 0 radical (unpaired) electrons. The van der Waals surface area contributed by atoms with E-state index in [0.29, 0.717) is 18.5 Å². The molecular formula is C30H29ClN4O3. The first-order chi connectivity index (χ1) is 18.1. The first-order valence-electron chi connectivity index (χ1n) is 12.4. The maximum atomic E-state index is 12.4. The predicted octanol–water partition coefficient (Wildman–Crippen LogP) is 5.17. The largest absolute Gasteiger partial charge is 0.478 e. The van der Waals surface area contributed by atoms with E-state index in [9.17, 15) is 9.59 Å². The van der Waals surface area contributed by atoms with Crippen LogP contribution in [-0.4, -0.2) is 38.5 Å². The number of hydrogen-bond acceptors (Lipinski definition) is 4. The molecule has 194 valence electrons. The second kappa shape index (κ2) is 12.3. The van der Waals surface area contributed by atoms with E-state index in [0.717, 1.165) is 53.5 Å². The fourth-order valence-corrected chi connectivity index (χ4v) is 4.74. The number of pyridine rings is 2. The zero-order chi connectivity index (χ0) is 25.6. The van der Waals surface area contributed by atoms with Crippen molar-refractivity contribution in [2.45, 2.75) is 32.1 Å². The van der Waals surface area contributed by atoms with Crippen molar-refractivity contribution in [2.75, 3.05) is 6.54 Å². The number of hydrogen-bond donors (Lipinski definition) is 3. The van der Waals surface area contributed by atoms with Crippen LogP contribution in [0.4, 0.5) is 0 Å². The minimum atomic E-state index is -0.817. The third kappa shape index (κ3) is 6.18. The third-order valence-electron chi connectivity index (χ3n) is 6.79. The molecular weight excluding hydrogens is 500 g/mol. The van der Waals surface area contributed by atoms with E-state index >= 15 is 0 Å². The number of aryl methyl sites for hydroxylation is 2. The van der Waals surface area contributed by atoms with Gasteiger partial charge in [0.1, 0.15) is 0 Å². The lowest BCUT2D eigenvalue weighted by Crippen LogP contribution is -2.28. The van der Waals surface area contributed by atoms with E-state index in [1.54, 1.807) is 24.7 Å². The Morgan fingerprint density at radius 3 is 2.18 bits per heavy atom. The van der Waals surface area contributed by atoms with Crippen LogP contribution in [0.1, 0.15) is 40.7 Å². The van der Waals surface area contributed by atoms with Gasteiger partial charge in [0.05, 0.1) is 0 Å². The van der Waals surface area contributed by atoms with E-state index < -0.39 is 5.97 Å². The first kappa shape index (κ1) is 26.8. The molecule has 3 heterocycles. The molecule has 7 nitrogen and oxygen atoms in total. The molecule has 0 bridgehead atoms. The zero-order valence-electron chi connectivity index (χ0n) is 20.8. The van der Waals surface area contributed by atoms with Crippen molar-refractivity contribution in [3.05, 3.63) is 106 Å². The number of carbonyl (C=O) groups is 2. The average Bonchev–Trinajstić information content (AvgIpc) is 3.36.